The Hall–Kier alpha value is -2.34. The highest BCUT2D eigenvalue weighted by atomic mass is 16.5. The molecule has 2 heterocycles. The van der Waals surface area contributed by atoms with Crippen molar-refractivity contribution < 1.29 is 14.6 Å². The van der Waals surface area contributed by atoms with E-state index in [4.69, 9.17) is 9.47 Å². The van der Waals surface area contributed by atoms with Crippen molar-refractivity contribution in [2.75, 3.05) is 25.1 Å². The van der Waals surface area contributed by atoms with Gasteiger partial charge < -0.3 is 19.5 Å². The molecular formula is C22H29N3O3. The summed E-state index contributed by atoms with van der Waals surface area (Å²) in [4.78, 5) is 11.4. The van der Waals surface area contributed by atoms with Gasteiger partial charge in [0.1, 0.15) is 6.10 Å². The number of para-hydroxylation sites is 2. The van der Waals surface area contributed by atoms with Crippen LogP contribution in [-0.4, -0.2) is 47.5 Å². The van der Waals surface area contributed by atoms with Crippen LogP contribution in [0.4, 0.5) is 5.95 Å². The molecule has 2 fully saturated rings. The third-order valence-corrected chi connectivity index (χ3v) is 5.95. The van der Waals surface area contributed by atoms with Gasteiger partial charge in [-0.25, -0.2) is 9.97 Å². The van der Waals surface area contributed by atoms with E-state index in [0.29, 0.717) is 23.3 Å². The van der Waals surface area contributed by atoms with Crippen LogP contribution >= 0.6 is 0 Å². The molecular weight excluding hydrogens is 354 g/mol. The molecule has 0 amide bonds. The van der Waals surface area contributed by atoms with Gasteiger partial charge in [0.05, 0.1) is 13.2 Å². The van der Waals surface area contributed by atoms with Crippen molar-refractivity contribution in [3.63, 3.8) is 0 Å². The van der Waals surface area contributed by atoms with Crippen LogP contribution in [0.15, 0.2) is 36.7 Å². The molecule has 1 N–H and O–H groups in total. The zero-order valence-electron chi connectivity index (χ0n) is 16.6. The fourth-order valence-corrected chi connectivity index (χ4v) is 4.49. The molecule has 150 valence electrons. The fraction of sp³-hybridized carbons (Fsp3) is 0.545. The van der Waals surface area contributed by atoms with Gasteiger partial charge in [-0.2, -0.15) is 0 Å². The molecule has 2 aromatic rings. The zero-order valence-corrected chi connectivity index (χ0v) is 16.6. The first-order valence-corrected chi connectivity index (χ1v) is 10.2. The summed E-state index contributed by atoms with van der Waals surface area (Å²) in [6.45, 7) is 3.97. The topological polar surface area (TPSA) is 67.7 Å². The summed E-state index contributed by atoms with van der Waals surface area (Å²) in [5.41, 5.74) is 1.18. The highest BCUT2D eigenvalue weighted by Gasteiger charge is 2.43. The van der Waals surface area contributed by atoms with Crippen LogP contribution in [0.2, 0.25) is 0 Å². The predicted molar refractivity (Wildman–Crippen MR) is 108 cm³/mol. The van der Waals surface area contributed by atoms with Gasteiger partial charge in [-0.1, -0.05) is 25.5 Å². The Bertz CT molecular complexity index is 783. The normalized spacial score (nSPS) is 26.8. The van der Waals surface area contributed by atoms with E-state index in [2.05, 4.69) is 21.8 Å². The first-order chi connectivity index (χ1) is 13.7. The minimum Gasteiger partial charge on any atom is -0.493 e. The molecule has 4 rings (SSSR count). The number of anilines is 1. The summed E-state index contributed by atoms with van der Waals surface area (Å²) in [6, 6.07) is 7.61. The monoisotopic (exact) mass is 383 g/mol. The smallest absolute Gasteiger partial charge is 0.225 e. The van der Waals surface area contributed by atoms with Gasteiger partial charge in [0.2, 0.25) is 5.95 Å². The van der Waals surface area contributed by atoms with Crippen molar-refractivity contribution in [2.24, 2.45) is 11.8 Å². The Kier molecular flexibility index (Phi) is 5.67. The zero-order chi connectivity index (χ0) is 19.5. The maximum absolute atomic E-state index is 10.7. The minimum absolute atomic E-state index is 0.217. The number of rotatable bonds is 6. The standard InChI is InChI=1S/C22H29N3O3/c1-3-6-15-11-23-22(24-12-15)25-13-16-9-18(26)21(10-17(16)14-25)28-20-8-5-4-7-19(20)27-2/h4-5,7-8,11-12,16-18,21,26H,3,6,9-10,13-14H2,1-2H3/t16-,17+,18+,21+/m0/s1. The van der Waals surface area contributed by atoms with Crippen molar-refractivity contribution in [1.82, 2.24) is 9.97 Å². The van der Waals surface area contributed by atoms with E-state index in [0.717, 1.165) is 44.7 Å². The predicted octanol–water partition coefficient (Wildman–Crippen LogP) is 3.09. The lowest BCUT2D eigenvalue weighted by Gasteiger charge is -2.35. The lowest BCUT2D eigenvalue weighted by molar-refractivity contribution is -0.0240. The second-order valence-electron chi connectivity index (χ2n) is 7.91. The fourth-order valence-electron chi connectivity index (χ4n) is 4.49. The number of aliphatic hydroxyl groups is 1. The van der Waals surface area contributed by atoms with Gasteiger partial charge in [-0.15, -0.1) is 0 Å². The number of aryl methyl sites for hydroxylation is 1. The number of fused-ring (bicyclic) bond motifs is 1. The molecule has 1 saturated carbocycles. The van der Waals surface area contributed by atoms with Crippen molar-refractivity contribution in [3.05, 3.63) is 42.2 Å². The molecule has 6 heteroatoms. The molecule has 1 saturated heterocycles. The van der Waals surface area contributed by atoms with E-state index in [1.165, 1.54) is 5.56 Å². The first-order valence-electron chi connectivity index (χ1n) is 10.2. The van der Waals surface area contributed by atoms with Crippen LogP contribution in [0.5, 0.6) is 11.5 Å². The molecule has 2 aliphatic rings. The summed E-state index contributed by atoms with van der Waals surface area (Å²) < 4.78 is 11.5. The number of methoxy groups -OCH3 is 1. The molecule has 0 spiro atoms. The van der Waals surface area contributed by atoms with E-state index in [9.17, 15) is 5.11 Å². The average Bonchev–Trinajstić information content (AvgIpc) is 3.12. The maximum atomic E-state index is 10.7. The molecule has 1 aliphatic heterocycles. The van der Waals surface area contributed by atoms with E-state index in [1.807, 2.05) is 36.7 Å². The van der Waals surface area contributed by atoms with Crippen LogP contribution in [0, 0.1) is 11.8 Å². The number of aliphatic hydroxyl groups excluding tert-OH is 1. The largest absolute Gasteiger partial charge is 0.493 e. The van der Waals surface area contributed by atoms with Crippen molar-refractivity contribution >= 4 is 5.95 Å². The second kappa shape index (κ2) is 8.35. The molecule has 1 aliphatic carbocycles. The number of nitrogens with zero attached hydrogens (tertiary/aromatic N) is 3. The molecule has 6 nitrogen and oxygen atoms in total. The average molecular weight is 383 g/mol. The highest BCUT2D eigenvalue weighted by Crippen LogP contribution is 2.40. The van der Waals surface area contributed by atoms with Crippen molar-refractivity contribution in [2.45, 2.75) is 44.8 Å². The summed E-state index contributed by atoms with van der Waals surface area (Å²) in [7, 11) is 1.64. The highest BCUT2D eigenvalue weighted by molar-refractivity contribution is 5.39. The van der Waals surface area contributed by atoms with Crippen molar-refractivity contribution in [3.8, 4) is 11.5 Å². The molecule has 28 heavy (non-hydrogen) atoms. The second-order valence-corrected chi connectivity index (χ2v) is 7.91. The summed E-state index contributed by atoms with van der Waals surface area (Å²) in [5.74, 6) is 3.11. The third kappa shape index (κ3) is 3.92. The number of aromatic nitrogens is 2. The van der Waals surface area contributed by atoms with Crippen LogP contribution in [0.1, 0.15) is 31.7 Å². The minimum atomic E-state index is -0.473. The number of hydrogen-bond donors (Lipinski definition) is 1. The van der Waals surface area contributed by atoms with E-state index in [-0.39, 0.29) is 6.10 Å². The summed E-state index contributed by atoms with van der Waals surface area (Å²) >= 11 is 0. The van der Waals surface area contributed by atoms with Gasteiger partial charge in [-0.05, 0) is 48.8 Å². The lowest BCUT2D eigenvalue weighted by atomic mass is 9.78. The first kappa shape index (κ1) is 19.0. The Balaban J connectivity index is 1.42. The molecule has 1 aromatic carbocycles. The van der Waals surface area contributed by atoms with Gasteiger partial charge in [0, 0.05) is 25.5 Å². The van der Waals surface area contributed by atoms with E-state index < -0.39 is 6.10 Å². The third-order valence-electron chi connectivity index (χ3n) is 5.95. The molecule has 0 unspecified atom stereocenters. The van der Waals surface area contributed by atoms with Crippen LogP contribution in [0.25, 0.3) is 0 Å². The Labute approximate surface area is 166 Å². The molecule has 0 radical (unpaired) electrons. The Morgan fingerprint density at radius 3 is 2.43 bits per heavy atom. The van der Waals surface area contributed by atoms with Crippen LogP contribution in [-0.2, 0) is 6.42 Å². The quantitative estimate of drug-likeness (QED) is 0.827. The van der Waals surface area contributed by atoms with Gasteiger partial charge in [0.15, 0.2) is 11.5 Å². The SMILES string of the molecule is CCCc1cnc(N2C[C@H]3C[C@@H](Oc4ccccc4OC)[C@H](O)C[C@H]3C2)nc1. The van der Waals surface area contributed by atoms with Crippen molar-refractivity contribution in [1.29, 1.82) is 0 Å². The van der Waals surface area contributed by atoms with Gasteiger partial charge in [0.25, 0.3) is 0 Å². The number of hydrogen-bond acceptors (Lipinski definition) is 6. The van der Waals surface area contributed by atoms with Crippen LogP contribution in [0.3, 0.4) is 0 Å². The molecule has 4 atom stereocenters. The summed E-state index contributed by atoms with van der Waals surface area (Å²) in [5, 5.41) is 10.7. The maximum Gasteiger partial charge on any atom is 0.225 e. The van der Waals surface area contributed by atoms with Gasteiger partial charge in [-0.3, -0.25) is 0 Å². The number of ether oxygens (including phenoxy) is 2. The van der Waals surface area contributed by atoms with Gasteiger partial charge >= 0.3 is 0 Å². The Morgan fingerprint density at radius 2 is 1.75 bits per heavy atom. The van der Waals surface area contributed by atoms with E-state index >= 15 is 0 Å². The summed E-state index contributed by atoms with van der Waals surface area (Å²) in [6.07, 6.45) is 6.88. The molecule has 0 bridgehead atoms. The lowest BCUT2D eigenvalue weighted by Crippen LogP contribution is -2.42. The van der Waals surface area contributed by atoms with Crippen LogP contribution < -0.4 is 14.4 Å². The number of benzene rings is 1. The van der Waals surface area contributed by atoms with E-state index in [1.54, 1.807) is 7.11 Å². The Morgan fingerprint density at radius 1 is 1.07 bits per heavy atom. The molecule has 1 aromatic heterocycles.